The maximum atomic E-state index is 5.71. The van der Waals surface area contributed by atoms with Gasteiger partial charge in [0.25, 0.3) is 0 Å². The average Bonchev–Trinajstić information content (AvgIpc) is 2.49. The fourth-order valence-electron chi connectivity index (χ4n) is 1.56. The lowest BCUT2D eigenvalue weighted by molar-refractivity contribution is -0.922. The van der Waals surface area contributed by atoms with Crippen molar-refractivity contribution in [3.05, 3.63) is 0 Å². The molecule has 0 bridgehead atoms. The topological polar surface area (TPSA) is 9.23 Å². The van der Waals surface area contributed by atoms with Gasteiger partial charge >= 0.3 is 0 Å². The van der Waals surface area contributed by atoms with Crippen LogP contribution in [0.25, 0.3) is 0 Å². The molecule has 11 heavy (non-hydrogen) atoms. The summed E-state index contributed by atoms with van der Waals surface area (Å²) in [6, 6.07) is 0. The second kappa shape index (κ2) is 3.74. The van der Waals surface area contributed by atoms with Crippen molar-refractivity contribution in [1.29, 1.82) is 0 Å². The number of alkyl halides is 1. The number of hydrogen-bond donors (Lipinski definition) is 0. The first kappa shape index (κ1) is 9.30. The van der Waals surface area contributed by atoms with Gasteiger partial charge in [0.05, 0.1) is 19.0 Å². The largest absolute Gasteiger partial charge is 0.321 e. The van der Waals surface area contributed by atoms with Crippen LogP contribution in [0.1, 0.15) is 13.8 Å². The fourth-order valence-corrected chi connectivity index (χ4v) is 1.75. The van der Waals surface area contributed by atoms with Gasteiger partial charge in [-0.3, -0.25) is 4.48 Å². The van der Waals surface area contributed by atoms with Crippen molar-refractivity contribution in [2.45, 2.75) is 20.0 Å². The summed E-state index contributed by atoms with van der Waals surface area (Å²) in [4.78, 5) is 0. The first-order valence-electron chi connectivity index (χ1n) is 4.29. The van der Waals surface area contributed by atoms with E-state index >= 15 is 0 Å². The minimum Gasteiger partial charge on any atom is -0.321 e. The van der Waals surface area contributed by atoms with Crippen LogP contribution in [0.3, 0.4) is 0 Å². The predicted molar refractivity (Wildman–Crippen MR) is 46.7 cm³/mol. The maximum Gasteiger partial charge on any atom is 0.183 e. The lowest BCUT2D eigenvalue weighted by Gasteiger charge is -2.29. The molecule has 0 aromatic rings. The van der Waals surface area contributed by atoms with Crippen LogP contribution in [0.15, 0.2) is 0 Å². The van der Waals surface area contributed by atoms with Gasteiger partial charge in [-0.05, 0) is 13.8 Å². The highest BCUT2D eigenvalue weighted by Gasteiger charge is 2.35. The minimum atomic E-state index is 0.288. The second-order valence-electron chi connectivity index (χ2n) is 3.23. The van der Waals surface area contributed by atoms with Gasteiger partial charge < -0.3 is 4.74 Å². The molecule has 66 valence electrons. The zero-order chi connectivity index (χ0) is 8.32. The third kappa shape index (κ3) is 1.86. The molecule has 0 saturated carbocycles. The number of nitrogens with zero attached hydrogens (tertiary/aromatic N) is 1. The molecular weight excluding hydrogens is 162 g/mol. The van der Waals surface area contributed by atoms with Crippen LogP contribution in [0.2, 0.25) is 0 Å². The number of quaternary nitrogens is 1. The lowest BCUT2D eigenvalue weighted by atomic mass is 10.3. The van der Waals surface area contributed by atoms with Crippen molar-refractivity contribution in [3.8, 4) is 0 Å². The van der Waals surface area contributed by atoms with Crippen LogP contribution in [-0.2, 0) is 4.74 Å². The summed E-state index contributed by atoms with van der Waals surface area (Å²) in [7, 11) is 0. The monoisotopic (exact) mass is 178 g/mol. The van der Waals surface area contributed by atoms with Crippen LogP contribution in [0.5, 0.6) is 0 Å². The van der Waals surface area contributed by atoms with E-state index in [1.54, 1.807) is 0 Å². The molecule has 1 aliphatic rings. The van der Waals surface area contributed by atoms with Crippen molar-refractivity contribution >= 4 is 11.6 Å². The highest BCUT2D eigenvalue weighted by atomic mass is 35.5. The zero-order valence-corrected chi connectivity index (χ0v) is 8.10. The number of ether oxygens (including phenoxy) is 1. The minimum absolute atomic E-state index is 0.288. The van der Waals surface area contributed by atoms with E-state index < -0.39 is 0 Å². The first-order valence-corrected chi connectivity index (χ1v) is 4.82. The number of halogens is 1. The molecule has 1 atom stereocenters. The quantitative estimate of drug-likeness (QED) is 0.470. The third-order valence-corrected chi connectivity index (χ3v) is 3.03. The summed E-state index contributed by atoms with van der Waals surface area (Å²) in [5.74, 6) is 0.639. The number of likely N-dealkylation sites (N-methyl/N-ethyl adjacent to an activating group) is 1. The number of rotatable bonds is 3. The average molecular weight is 179 g/mol. The standard InChI is InChI=1S/C8H17ClNO/c1-3-10(4-2)6-8(5-9)11-7-10/h8H,3-7H2,1-2H3/q+1. The Morgan fingerprint density at radius 3 is 2.36 bits per heavy atom. The fraction of sp³-hybridized carbons (Fsp3) is 1.00. The molecule has 0 aliphatic carbocycles. The molecule has 1 heterocycles. The van der Waals surface area contributed by atoms with Crippen LogP contribution in [0.4, 0.5) is 0 Å². The Morgan fingerprint density at radius 1 is 1.45 bits per heavy atom. The van der Waals surface area contributed by atoms with Gasteiger partial charge in [-0.1, -0.05) is 0 Å². The summed E-state index contributed by atoms with van der Waals surface area (Å²) < 4.78 is 6.62. The van der Waals surface area contributed by atoms with Crippen LogP contribution in [-0.4, -0.2) is 42.8 Å². The second-order valence-corrected chi connectivity index (χ2v) is 3.54. The molecule has 0 spiro atoms. The molecule has 1 rings (SSSR count). The Kier molecular flexibility index (Phi) is 3.16. The van der Waals surface area contributed by atoms with E-state index in [-0.39, 0.29) is 6.10 Å². The molecule has 2 nitrogen and oxygen atoms in total. The van der Waals surface area contributed by atoms with E-state index in [0.29, 0.717) is 5.88 Å². The van der Waals surface area contributed by atoms with Gasteiger partial charge in [0.2, 0.25) is 0 Å². The predicted octanol–water partition coefficient (Wildman–Crippen LogP) is 1.44. The van der Waals surface area contributed by atoms with Gasteiger partial charge in [-0.25, -0.2) is 0 Å². The van der Waals surface area contributed by atoms with E-state index in [1.807, 2.05) is 0 Å². The van der Waals surface area contributed by atoms with Crippen molar-refractivity contribution in [2.75, 3.05) is 32.2 Å². The SMILES string of the molecule is CC[N+]1(CC)COC(CCl)C1. The van der Waals surface area contributed by atoms with Gasteiger partial charge in [0.1, 0.15) is 12.6 Å². The molecule has 0 aromatic heterocycles. The summed E-state index contributed by atoms with van der Waals surface area (Å²) in [5, 5.41) is 0. The van der Waals surface area contributed by atoms with Crippen molar-refractivity contribution in [3.63, 3.8) is 0 Å². The zero-order valence-electron chi connectivity index (χ0n) is 7.35. The maximum absolute atomic E-state index is 5.71. The summed E-state index contributed by atoms with van der Waals surface area (Å²) in [6.45, 7) is 8.68. The van der Waals surface area contributed by atoms with Crippen LogP contribution >= 0.6 is 11.6 Å². The Morgan fingerprint density at radius 2 is 2.09 bits per heavy atom. The summed E-state index contributed by atoms with van der Waals surface area (Å²) >= 11 is 5.71. The molecule has 3 heteroatoms. The highest BCUT2D eigenvalue weighted by molar-refractivity contribution is 6.18. The van der Waals surface area contributed by atoms with Crippen LogP contribution < -0.4 is 0 Å². The van der Waals surface area contributed by atoms with Crippen molar-refractivity contribution in [1.82, 2.24) is 0 Å². The molecule has 1 aliphatic heterocycles. The van der Waals surface area contributed by atoms with E-state index in [4.69, 9.17) is 16.3 Å². The smallest absolute Gasteiger partial charge is 0.183 e. The van der Waals surface area contributed by atoms with E-state index in [1.165, 1.54) is 0 Å². The summed E-state index contributed by atoms with van der Waals surface area (Å²) in [6.07, 6.45) is 0.288. The third-order valence-electron chi connectivity index (χ3n) is 2.69. The van der Waals surface area contributed by atoms with E-state index in [9.17, 15) is 0 Å². The molecule has 0 aromatic carbocycles. The summed E-state index contributed by atoms with van der Waals surface area (Å²) in [5.41, 5.74) is 0. The Balaban J connectivity index is 2.48. The Bertz CT molecular complexity index is 125. The molecule has 1 fully saturated rings. The molecule has 1 saturated heterocycles. The van der Waals surface area contributed by atoms with Crippen molar-refractivity contribution in [2.24, 2.45) is 0 Å². The Hall–Kier alpha value is 0.210. The van der Waals surface area contributed by atoms with Crippen molar-refractivity contribution < 1.29 is 9.22 Å². The highest BCUT2D eigenvalue weighted by Crippen LogP contribution is 2.18. The van der Waals surface area contributed by atoms with Gasteiger partial charge in [0.15, 0.2) is 6.73 Å². The lowest BCUT2D eigenvalue weighted by Crippen LogP contribution is -2.46. The van der Waals surface area contributed by atoms with E-state index in [2.05, 4.69) is 13.8 Å². The molecule has 1 unspecified atom stereocenters. The molecule has 0 amide bonds. The van der Waals surface area contributed by atoms with E-state index in [0.717, 1.165) is 30.8 Å². The molecular formula is C8H17ClNO+. The van der Waals surface area contributed by atoms with Gasteiger partial charge in [-0.15, -0.1) is 11.6 Å². The normalized spacial score (nSPS) is 29.2. The van der Waals surface area contributed by atoms with Crippen LogP contribution in [0, 0.1) is 0 Å². The number of hydrogen-bond acceptors (Lipinski definition) is 1. The molecule has 0 radical (unpaired) electrons. The van der Waals surface area contributed by atoms with Gasteiger partial charge in [0, 0.05) is 0 Å². The molecule has 0 N–H and O–H groups in total. The first-order chi connectivity index (χ1) is 5.26. The van der Waals surface area contributed by atoms with Gasteiger partial charge in [-0.2, -0.15) is 0 Å². The Labute approximate surface area is 73.7 Å².